The van der Waals surface area contributed by atoms with Gasteiger partial charge in [0, 0.05) is 11.8 Å². The summed E-state index contributed by atoms with van der Waals surface area (Å²) in [6.07, 6.45) is 0. The van der Waals surface area contributed by atoms with Crippen LogP contribution >= 0.6 is 11.3 Å². The number of anilines is 1. The summed E-state index contributed by atoms with van der Waals surface area (Å²) in [5.74, 6) is -1.48. The van der Waals surface area contributed by atoms with E-state index in [0.717, 1.165) is 11.3 Å². The molecule has 27 heavy (non-hydrogen) atoms. The molecule has 144 valence electrons. The number of esters is 2. The predicted molar refractivity (Wildman–Crippen MR) is 98.3 cm³/mol. The number of amides is 1. The summed E-state index contributed by atoms with van der Waals surface area (Å²) < 4.78 is 10.6. The second-order valence-corrected chi connectivity index (χ2v) is 6.68. The first-order valence-electron chi connectivity index (χ1n) is 7.84. The molecule has 0 aliphatic heterocycles. The summed E-state index contributed by atoms with van der Waals surface area (Å²) in [6.45, 7) is 4.57. The predicted octanol–water partition coefficient (Wildman–Crippen LogP) is 1.44. The molecule has 0 aromatic carbocycles. The van der Waals surface area contributed by atoms with E-state index in [1.54, 1.807) is 20.8 Å². The molecule has 0 radical (unpaired) electrons. The van der Waals surface area contributed by atoms with Gasteiger partial charge in [-0.1, -0.05) is 0 Å². The first kappa shape index (κ1) is 20.3. The second-order valence-electron chi connectivity index (χ2n) is 5.66. The van der Waals surface area contributed by atoms with E-state index in [2.05, 4.69) is 10.3 Å². The zero-order valence-corrected chi connectivity index (χ0v) is 16.4. The first-order chi connectivity index (χ1) is 12.7. The van der Waals surface area contributed by atoms with E-state index in [-0.39, 0.29) is 27.5 Å². The molecule has 1 N–H and O–H groups in total. The summed E-state index contributed by atoms with van der Waals surface area (Å²) in [6, 6.07) is 1.32. The van der Waals surface area contributed by atoms with Crippen LogP contribution < -0.4 is 10.9 Å². The number of ether oxygens (including phenoxy) is 2. The van der Waals surface area contributed by atoms with Crippen molar-refractivity contribution in [3.05, 3.63) is 43.9 Å². The number of rotatable bonds is 5. The maximum atomic E-state index is 12.4. The molecule has 9 nitrogen and oxygen atoms in total. The van der Waals surface area contributed by atoms with Crippen molar-refractivity contribution in [2.24, 2.45) is 0 Å². The van der Waals surface area contributed by atoms with Gasteiger partial charge in [0.25, 0.3) is 5.56 Å². The van der Waals surface area contributed by atoms with Crippen LogP contribution in [-0.2, 0) is 20.8 Å². The molecule has 0 atom stereocenters. The summed E-state index contributed by atoms with van der Waals surface area (Å²) in [4.78, 5) is 52.8. The van der Waals surface area contributed by atoms with Gasteiger partial charge >= 0.3 is 11.9 Å². The molecule has 2 rings (SSSR count). The maximum Gasteiger partial charge on any atom is 0.348 e. The Hall–Kier alpha value is -3.01. The van der Waals surface area contributed by atoms with Crippen LogP contribution in [0.3, 0.4) is 0 Å². The summed E-state index contributed by atoms with van der Waals surface area (Å²) in [5, 5.41) is 2.72. The zero-order chi connectivity index (χ0) is 20.3. The molecule has 0 aliphatic carbocycles. The molecule has 0 saturated carbocycles. The van der Waals surface area contributed by atoms with Gasteiger partial charge in [0.2, 0.25) is 5.91 Å². The van der Waals surface area contributed by atoms with Crippen molar-refractivity contribution >= 4 is 34.2 Å². The molecule has 2 aromatic rings. The van der Waals surface area contributed by atoms with Gasteiger partial charge in [0.1, 0.15) is 22.2 Å². The largest absolute Gasteiger partial charge is 0.465 e. The van der Waals surface area contributed by atoms with Gasteiger partial charge in [-0.3, -0.25) is 14.2 Å². The minimum absolute atomic E-state index is 0.0716. The van der Waals surface area contributed by atoms with Crippen molar-refractivity contribution in [3.63, 3.8) is 0 Å². The van der Waals surface area contributed by atoms with Crippen LogP contribution in [0.2, 0.25) is 0 Å². The Morgan fingerprint density at radius 3 is 2.33 bits per heavy atom. The van der Waals surface area contributed by atoms with Gasteiger partial charge in [0.05, 0.1) is 19.8 Å². The van der Waals surface area contributed by atoms with E-state index >= 15 is 0 Å². The number of nitrogens with one attached hydrogen (secondary N) is 1. The number of methoxy groups -OCH3 is 2. The fraction of sp³-hybridized carbons (Fsp3) is 0.353. The molecule has 0 unspecified atom stereocenters. The van der Waals surface area contributed by atoms with Gasteiger partial charge in [-0.05, 0) is 26.3 Å². The van der Waals surface area contributed by atoms with Crippen LogP contribution in [0.1, 0.15) is 37.1 Å². The van der Waals surface area contributed by atoms with Crippen LogP contribution in [-0.4, -0.2) is 41.6 Å². The Bertz CT molecular complexity index is 976. The molecule has 1 amide bonds. The fourth-order valence-electron chi connectivity index (χ4n) is 2.50. The Kier molecular flexibility index (Phi) is 6.11. The third-order valence-electron chi connectivity index (χ3n) is 3.79. The minimum Gasteiger partial charge on any atom is -0.465 e. The second kappa shape index (κ2) is 8.12. The average Bonchev–Trinajstić information content (AvgIpc) is 2.92. The normalized spacial score (nSPS) is 10.4. The van der Waals surface area contributed by atoms with E-state index < -0.39 is 17.8 Å². The third kappa shape index (κ3) is 4.22. The quantitative estimate of drug-likeness (QED) is 0.764. The van der Waals surface area contributed by atoms with Gasteiger partial charge in [-0.2, -0.15) is 0 Å². The summed E-state index contributed by atoms with van der Waals surface area (Å²) in [7, 11) is 2.42. The minimum atomic E-state index is -0.695. The Morgan fingerprint density at radius 1 is 1.15 bits per heavy atom. The highest BCUT2D eigenvalue weighted by molar-refractivity contribution is 7.18. The SMILES string of the molecule is COC(=O)c1sc(NC(=O)Cn2c(C)nc(C)cc2=O)c(C(=O)OC)c1C. The summed E-state index contributed by atoms with van der Waals surface area (Å²) in [5.41, 5.74) is 0.612. The van der Waals surface area contributed by atoms with Crippen LogP contribution in [0.4, 0.5) is 5.00 Å². The van der Waals surface area contributed by atoms with Gasteiger partial charge in [-0.15, -0.1) is 11.3 Å². The number of aryl methyl sites for hydroxylation is 2. The molecular formula is C17H19N3O6S. The van der Waals surface area contributed by atoms with E-state index in [9.17, 15) is 19.2 Å². The Morgan fingerprint density at radius 2 is 1.78 bits per heavy atom. The Balaban J connectivity index is 2.36. The monoisotopic (exact) mass is 393 g/mol. The number of thiophene rings is 1. The van der Waals surface area contributed by atoms with Crippen molar-refractivity contribution in [1.29, 1.82) is 0 Å². The van der Waals surface area contributed by atoms with Crippen molar-refractivity contribution in [3.8, 4) is 0 Å². The van der Waals surface area contributed by atoms with E-state index in [0.29, 0.717) is 17.1 Å². The highest BCUT2D eigenvalue weighted by atomic mass is 32.1. The molecule has 0 bridgehead atoms. The molecule has 0 saturated heterocycles. The van der Waals surface area contributed by atoms with Crippen LogP contribution in [0.5, 0.6) is 0 Å². The zero-order valence-electron chi connectivity index (χ0n) is 15.5. The first-order valence-corrected chi connectivity index (χ1v) is 8.66. The Labute approximate surface area is 158 Å². The van der Waals surface area contributed by atoms with Crippen molar-refractivity contribution in [2.45, 2.75) is 27.3 Å². The van der Waals surface area contributed by atoms with Gasteiger partial charge in [-0.25, -0.2) is 14.6 Å². The fourth-order valence-corrected chi connectivity index (χ4v) is 3.63. The van der Waals surface area contributed by atoms with E-state index in [1.165, 1.54) is 24.9 Å². The highest BCUT2D eigenvalue weighted by Crippen LogP contribution is 2.34. The van der Waals surface area contributed by atoms with Crippen LogP contribution in [0.25, 0.3) is 0 Å². The number of hydrogen-bond donors (Lipinski definition) is 1. The highest BCUT2D eigenvalue weighted by Gasteiger charge is 2.26. The van der Waals surface area contributed by atoms with Crippen molar-refractivity contribution < 1.29 is 23.9 Å². The molecule has 2 aromatic heterocycles. The summed E-state index contributed by atoms with van der Waals surface area (Å²) >= 11 is 0.902. The lowest BCUT2D eigenvalue weighted by Crippen LogP contribution is -2.30. The molecule has 0 fully saturated rings. The lowest BCUT2D eigenvalue weighted by atomic mass is 10.1. The van der Waals surface area contributed by atoms with Crippen LogP contribution in [0, 0.1) is 20.8 Å². The maximum absolute atomic E-state index is 12.4. The molecule has 10 heteroatoms. The topological polar surface area (TPSA) is 117 Å². The number of nitrogens with zero attached hydrogens (tertiary/aromatic N) is 2. The van der Waals surface area contributed by atoms with Crippen LogP contribution in [0.15, 0.2) is 10.9 Å². The van der Waals surface area contributed by atoms with E-state index in [4.69, 9.17) is 9.47 Å². The standard InChI is InChI=1S/C17H19N3O6S/c1-8-6-12(22)20(10(3)18-8)7-11(21)19-15-13(16(23)25-4)9(2)14(27-15)17(24)26-5/h6H,7H2,1-5H3,(H,19,21). The lowest BCUT2D eigenvalue weighted by molar-refractivity contribution is -0.116. The molecule has 2 heterocycles. The van der Waals surface area contributed by atoms with E-state index in [1.807, 2.05) is 0 Å². The average molecular weight is 393 g/mol. The molecular weight excluding hydrogens is 374 g/mol. The number of carbonyl (C=O) groups is 3. The molecule has 0 aliphatic rings. The molecule has 0 spiro atoms. The van der Waals surface area contributed by atoms with Crippen molar-refractivity contribution in [1.82, 2.24) is 9.55 Å². The smallest absolute Gasteiger partial charge is 0.348 e. The van der Waals surface area contributed by atoms with Gasteiger partial charge < -0.3 is 14.8 Å². The third-order valence-corrected chi connectivity index (χ3v) is 4.98. The number of hydrogen-bond acceptors (Lipinski definition) is 8. The number of carbonyl (C=O) groups excluding carboxylic acids is 3. The lowest BCUT2D eigenvalue weighted by Gasteiger charge is -2.10. The number of aromatic nitrogens is 2. The van der Waals surface area contributed by atoms with Gasteiger partial charge in [0.15, 0.2) is 0 Å². The van der Waals surface area contributed by atoms with Crippen molar-refractivity contribution in [2.75, 3.05) is 19.5 Å².